The lowest BCUT2D eigenvalue weighted by Gasteiger charge is -2.06. The average molecular weight is 328 g/mol. The van der Waals surface area contributed by atoms with E-state index in [9.17, 15) is 13.2 Å². The molecule has 0 spiro atoms. The number of nitrogens with two attached hydrogens (primary N) is 1. The topological polar surface area (TPSA) is 89.3 Å². The van der Waals surface area contributed by atoms with Gasteiger partial charge in [-0.15, -0.1) is 11.3 Å². The summed E-state index contributed by atoms with van der Waals surface area (Å²) in [6, 6.07) is 0. The summed E-state index contributed by atoms with van der Waals surface area (Å²) in [4.78, 5) is 12.9. The number of carbonyl (C=O) groups excluding carboxylic acids is 1. The van der Waals surface area contributed by atoms with Crippen molar-refractivity contribution >= 4 is 37.6 Å². The average Bonchev–Trinajstić information content (AvgIpc) is 3.25. The minimum absolute atomic E-state index is 0.0841. The smallest absolute Gasteiger partial charge is 0.178 e. The van der Waals surface area contributed by atoms with Crippen LogP contribution in [0.3, 0.4) is 0 Å². The van der Waals surface area contributed by atoms with Crippen LogP contribution in [0.5, 0.6) is 0 Å². The predicted molar refractivity (Wildman–Crippen MR) is 86.0 cm³/mol. The number of carbonyl (C=O) groups is 1. The summed E-state index contributed by atoms with van der Waals surface area (Å²) in [7, 11) is -2.99. The summed E-state index contributed by atoms with van der Waals surface area (Å²) < 4.78 is 22.4. The van der Waals surface area contributed by atoms with Crippen molar-refractivity contribution in [2.24, 2.45) is 5.92 Å². The predicted octanol–water partition coefficient (Wildman–Crippen LogP) is 2.26. The van der Waals surface area contributed by atoms with E-state index < -0.39 is 9.84 Å². The second-order valence-electron chi connectivity index (χ2n) is 6.06. The Kier molecular flexibility index (Phi) is 3.73. The Bertz CT molecular complexity index is 671. The number of anilines is 2. The maximum Gasteiger partial charge on any atom is 0.178 e. The highest BCUT2D eigenvalue weighted by molar-refractivity contribution is 7.90. The zero-order chi connectivity index (χ0) is 15.2. The number of Topliss-reactive ketones (excluding diaryl/α,β-unsaturated/α-hetero) is 1. The molecule has 0 amide bonds. The Morgan fingerprint density at radius 2 is 2.00 bits per heavy atom. The van der Waals surface area contributed by atoms with Gasteiger partial charge in [0, 0.05) is 24.3 Å². The molecule has 0 radical (unpaired) electrons. The van der Waals surface area contributed by atoms with E-state index in [1.807, 2.05) is 0 Å². The van der Waals surface area contributed by atoms with Gasteiger partial charge in [0.05, 0.1) is 21.3 Å². The van der Waals surface area contributed by atoms with E-state index in [2.05, 4.69) is 5.32 Å². The van der Waals surface area contributed by atoms with Gasteiger partial charge in [-0.2, -0.15) is 0 Å². The van der Waals surface area contributed by atoms with Gasteiger partial charge < -0.3 is 11.1 Å². The molecule has 0 aliphatic heterocycles. The minimum atomic E-state index is -2.99. The van der Waals surface area contributed by atoms with Crippen molar-refractivity contribution in [3.05, 3.63) is 10.4 Å². The highest BCUT2D eigenvalue weighted by Gasteiger charge is 2.37. The summed E-state index contributed by atoms with van der Waals surface area (Å²) in [5.74, 6) is 0.834. The van der Waals surface area contributed by atoms with Gasteiger partial charge >= 0.3 is 0 Å². The Balaban J connectivity index is 1.81. The van der Waals surface area contributed by atoms with Gasteiger partial charge in [0.15, 0.2) is 5.78 Å². The molecule has 1 aromatic heterocycles. The van der Waals surface area contributed by atoms with Crippen molar-refractivity contribution in [3.8, 4) is 0 Å². The summed E-state index contributed by atoms with van der Waals surface area (Å²) >= 11 is 1.40. The molecule has 0 bridgehead atoms. The fraction of sp³-hybridized carbons (Fsp3) is 0.643. The first kappa shape index (κ1) is 14.8. The van der Waals surface area contributed by atoms with Crippen LogP contribution in [0, 0.1) is 5.92 Å². The normalized spacial score (nSPS) is 18.7. The van der Waals surface area contributed by atoms with Crippen LogP contribution in [-0.4, -0.2) is 32.8 Å². The number of ketones is 1. The lowest BCUT2D eigenvalue weighted by atomic mass is 10.1. The first-order valence-corrected chi connectivity index (χ1v) is 10.1. The van der Waals surface area contributed by atoms with Gasteiger partial charge in [0.2, 0.25) is 0 Å². The summed E-state index contributed by atoms with van der Waals surface area (Å²) in [5, 5.41) is 4.07. The van der Waals surface area contributed by atoms with Crippen molar-refractivity contribution in [1.82, 2.24) is 0 Å². The zero-order valence-electron chi connectivity index (χ0n) is 12.0. The van der Waals surface area contributed by atoms with Gasteiger partial charge in [0.25, 0.3) is 0 Å². The van der Waals surface area contributed by atoms with Crippen LogP contribution in [0.4, 0.5) is 10.7 Å². The molecule has 116 valence electrons. The molecule has 0 unspecified atom stereocenters. The molecule has 2 saturated carbocycles. The maximum absolute atomic E-state index is 12.3. The number of thiophene rings is 1. The second-order valence-corrected chi connectivity index (χ2v) is 9.34. The van der Waals surface area contributed by atoms with Crippen molar-refractivity contribution < 1.29 is 13.2 Å². The summed E-state index contributed by atoms with van der Waals surface area (Å²) in [5.41, 5.74) is 7.87. The van der Waals surface area contributed by atoms with Crippen LogP contribution in [0.25, 0.3) is 0 Å². The van der Waals surface area contributed by atoms with Crippen molar-refractivity contribution in [2.45, 2.75) is 31.6 Å². The third kappa shape index (κ3) is 3.40. The molecule has 3 rings (SSSR count). The van der Waals surface area contributed by atoms with Gasteiger partial charge in [-0.05, 0) is 31.6 Å². The molecular weight excluding hydrogens is 308 g/mol. The number of sulfone groups is 1. The van der Waals surface area contributed by atoms with Crippen LogP contribution >= 0.6 is 11.3 Å². The maximum atomic E-state index is 12.3. The SMILES string of the molecule is CS(=O)(=O)CCNc1sc(C(=O)C2CC2)c(N)c1C1CC1. The lowest BCUT2D eigenvalue weighted by Crippen LogP contribution is -2.14. The number of rotatable bonds is 7. The molecule has 2 fully saturated rings. The van der Waals surface area contributed by atoms with Gasteiger partial charge in [-0.1, -0.05) is 0 Å². The molecule has 0 aromatic carbocycles. The van der Waals surface area contributed by atoms with E-state index in [0.717, 1.165) is 36.2 Å². The summed E-state index contributed by atoms with van der Waals surface area (Å²) in [6.45, 7) is 0.357. The zero-order valence-corrected chi connectivity index (χ0v) is 13.6. The van der Waals surface area contributed by atoms with Gasteiger partial charge in [0.1, 0.15) is 9.84 Å². The molecule has 3 N–H and O–H groups in total. The molecule has 2 aliphatic rings. The van der Waals surface area contributed by atoms with Gasteiger partial charge in [-0.25, -0.2) is 8.42 Å². The first-order chi connectivity index (χ1) is 9.87. The molecule has 7 heteroatoms. The van der Waals surface area contributed by atoms with Crippen LogP contribution in [-0.2, 0) is 9.84 Å². The fourth-order valence-corrected chi connectivity index (χ4v) is 4.15. The van der Waals surface area contributed by atoms with Crippen LogP contribution in [0.15, 0.2) is 0 Å². The number of hydrogen-bond donors (Lipinski definition) is 2. The molecule has 0 saturated heterocycles. The quantitative estimate of drug-likeness (QED) is 0.749. The van der Waals surface area contributed by atoms with Crippen molar-refractivity contribution in [1.29, 1.82) is 0 Å². The number of nitrogens with one attached hydrogen (secondary N) is 1. The Hall–Kier alpha value is -1.08. The number of nitrogen functional groups attached to an aromatic ring is 1. The highest BCUT2D eigenvalue weighted by Crippen LogP contribution is 2.52. The third-order valence-corrected chi connectivity index (χ3v) is 6.04. The minimum Gasteiger partial charge on any atom is -0.397 e. The standard InChI is InChI=1S/C14H20N2O3S2/c1-21(18,19)7-6-16-14-10(8-2-3-8)11(15)13(20-14)12(17)9-4-5-9/h8-9,16H,2-7,15H2,1H3. The highest BCUT2D eigenvalue weighted by atomic mass is 32.2. The van der Waals surface area contributed by atoms with Gasteiger partial charge in [-0.3, -0.25) is 4.79 Å². The van der Waals surface area contributed by atoms with E-state index in [-0.39, 0.29) is 17.5 Å². The van der Waals surface area contributed by atoms with E-state index in [1.54, 1.807) is 0 Å². The Labute approximate surface area is 128 Å². The molecule has 2 aliphatic carbocycles. The van der Waals surface area contributed by atoms with E-state index in [4.69, 9.17) is 5.73 Å². The van der Waals surface area contributed by atoms with Crippen molar-refractivity contribution in [2.75, 3.05) is 29.6 Å². The number of hydrogen-bond acceptors (Lipinski definition) is 6. The molecule has 0 atom stereocenters. The van der Waals surface area contributed by atoms with Crippen LogP contribution in [0.2, 0.25) is 0 Å². The summed E-state index contributed by atoms with van der Waals surface area (Å²) in [6.07, 6.45) is 5.34. The second kappa shape index (κ2) is 5.28. The van der Waals surface area contributed by atoms with Crippen LogP contribution in [0.1, 0.15) is 46.8 Å². The molecule has 1 heterocycles. The molecular formula is C14H20N2O3S2. The van der Waals surface area contributed by atoms with E-state index in [1.165, 1.54) is 17.6 Å². The first-order valence-electron chi connectivity index (χ1n) is 7.25. The molecule has 5 nitrogen and oxygen atoms in total. The molecule has 1 aromatic rings. The third-order valence-electron chi connectivity index (χ3n) is 3.90. The fourth-order valence-electron chi connectivity index (χ4n) is 2.43. The van der Waals surface area contributed by atoms with E-state index >= 15 is 0 Å². The lowest BCUT2D eigenvalue weighted by molar-refractivity contribution is 0.0972. The van der Waals surface area contributed by atoms with Crippen LogP contribution < -0.4 is 11.1 Å². The monoisotopic (exact) mass is 328 g/mol. The Morgan fingerprint density at radius 1 is 1.33 bits per heavy atom. The largest absolute Gasteiger partial charge is 0.397 e. The Morgan fingerprint density at radius 3 is 2.52 bits per heavy atom. The molecule has 21 heavy (non-hydrogen) atoms. The van der Waals surface area contributed by atoms with E-state index in [0.29, 0.717) is 23.0 Å². The van der Waals surface area contributed by atoms with Crippen molar-refractivity contribution in [3.63, 3.8) is 0 Å².